The number of hydrogen-bond donors (Lipinski definition) is 1. The van der Waals surface area contributed by atoms with Gasteiger partial charge in [-0.2, -0.15) is 0 Å². The maximum absolute atomic E-state index is 13.7. The summed E-state index contributed by atoms with van der Waals surface area (Å²) in [6.07, 6.45) is 5.02. The van der Waals surface area contributed by atoms with Crippen LogP contribution in [-0.4, -0.2) is 36.1 Å². The Bertz CT molecular complexity index is 1150. The summed E-state index contributed by atoms with van der Waals surface area (Å²) >= 11 is 6.05. The topological polar surface area (TPSA) is 79.4 Å². The molecule has 8 heteroatoms. The number of pyridine rings is 1. The van der Waals surface area contributed by atoms with E-state index >= 15 is 0 Å². The molecule has 1 aromatic carbocycles. The molecule has 1 aromatic heterocycles. The van der Waals surface area contributed by atoms with Gasteiger partial charge in [0.05, 0.1) is 5.03 Å². The fourth-order valence-electron chi connectivity index (χ4n) is 4.32. The molecule has 0 aliphatic heterocycles. The number of Topliss-reactive ketones (excluding diaryl/α,β-unsaturated/α-hetero) is 2. The summed E-state index contributed by atoms with van der Waals surface area (Å²) in [7, 11) is 1.85. The normalized spacial score (nSPS) is 18.2. The summed E-state index contributed by atoms with van der Waals surface area (Å²) in [4.78, 5) is 43.8. The third kappa shape index (κ3) is 5.42. The van der Waals surface area contributed by atoms with E-state index in [1.54, 1.807) is 6.20 Å². The first kappa shape index (κ1) is 25.3. The van der Waals surface area contributed by atoms with Crippen molar-refractivity contribution in [1.29, 1.82) is 0 Å². The minimum absolute atomic E-state index is 0.121. The second kappa shape index (κ2) is 10.7. The van der Waals surface area contributed by atoms with Crippen LogP contribution in [0.15, 0.2) is 54.3 Å². The Balaban J connectivity index is 1.71. The Labute approximate surface area is 203 Å². The first-order chi connectivity index (χ1) is 16.1. The third-order valence-electron chi connectivity index (χ3n) is 5.99. The van der Waals surface area contributed by atoms with E-state index in [0.717, 1.165) is 28.4 Å². The van der Waals surface area contributed by atoms with Gasteiger partial charge >= 0.3 is 0 Å². The SMILES string of the molecule is C=C/C(Cl)=C\N(C)c1cc(C)c(C2C(=O)CC(CCNC(=O)c3ncccc3F)C2=O)c(C)c1. The summed E-state index contributed by atoms with van der Waals surface area (Å²) in [6, 6.07) is 6.39. The van der Waals surface area contributed by atoms with Crippen LogP contribution in [0.1, 0.15) is 45.9 Å². The minimum Gasteiger partial charge on any atom is -0.351 e. The Kier molecular flexibility index (Phi) is 7.99. The number of benzene rings is 1. The average Bonchev–Trinajstić information content (AvgIpc) is 3.06. The maximum atomic E-state index is 13.7. The van der Waals surface area contributed by atoms with Gasteiger partial charge in [-0.3, -0.25) is 14.4 Å². The number of rotatable bonds is 8. The second-order valence-corrected chi connectivity index (χ2v) is 8.84. The van der Waals surface area contributed by atoms with E-state index in [4.69, 9.17) is 11.6 Å². The maximum Gasteiger partial charge on any atom is 0.272 e. The predicted octanol–water partition coefficient (Wildman–Crippen LogP) is 4.60. The van der Waals surface area contributed by atoms with Crippen molar-refractivity contribution >= 4 is 34.8 Å². The lowest BCUT2D eigenvalue weighted by Crippen LogP contribution is -2.28. The van der Waals surface area contributed by atoms with Crippen LogP contribution >= 0.6 is 11.6 Å². The Morgan fingerprint density at radius 1 is 1.32 bits per heavy atom. The molecule has 0 spiro atoms. The second-order valence-electron chi connectivity index (χ2n) is 8.40. The van der Waals surface area contributed by atoms with Gasteiger partial charge in [-0.1, -0.05) is 18.2 Å². The average molecular weight is 484 g/mol. The number of hydrogen-bond acceptors (Lipinski definition) is 5. The number of aromatic nitrogens is 1. The molecule has 34 heavy (non-hydrogen) atoms. The van der Waals surface area contributed by atoms with Gasteiger partial charge in [-0.15, -0.1) is 0 Å². The zero-order chi connectivity index (χ0) is 25.0. The van der Waals surface area contributed by atoms with E-state index in [0.29, 0.717) is 11.5 Å². The molecule has 0 bridgehead atoms. The molecule has 1 aliphatic rings. The predicted molar refractivity (Wildman–Crippen MR) is 130 cm³/mol. The molecule has 1 fully saturated rings. The van der Waals surface area contributed by atoms with Gasteiger partial charge < -0.3 is 10.2 Å². The molecule has 1 N–H and O–H groups in total. The monoisotopic (exact) mass is 483 g/mol. The molecule has 2 unspecified atom stereocenters. The molecule has 1 aliphatic carbocycles. The summed E-state index contributed by atoms with van der Waals surface area (Å²) in [5.41, 5.74) is 2.99. The highest BCUT2D eigenvalue weighted by molar-refractivity contribution is 6.31. The molecule has 0 saturated heterocycles. The van der Waals surface area contributed by atoms with Crippen molar-refractivity contribution < 1.29 is 18.8 Å². The van der Waals surface area contributed by atoms with Gasteiger partial charge in [0.15, 0.2) is 17.3 Å². The zero-order valence-electron chi connectivity index (χ0n) is 19.4. The van der Waals surface area contributed by atoms with Crippen molar-refractivity contribution in [3.63, 3.8) is 0 Å². The molecular weight excluding hydrogens is 457 g/mol. The van der Waals surface area contributed by atoms with Crippen LogP contribution in [0.5, 0.6) is 0 Å². The van der Waals surface area contributed by atoms with Crippen LogP contribution in [0.2, 0.25) is 0 Å². The lowest BCUT2D eigenvalue weighted by atomic mass is 9.86. The molecule has 178 valence electrons. The lowest BCUT2D eigenvalue weighted by molar-refractivity contribution is -0.124. The fraction of sp³-hybridized carbons (Fsp3) is 0.308. The van der Waals surface area contributed by atoms with Crippen molar-refractivity contribution in [3.05, 3.63) is 82.6 Å². The number of ketones is 2. The number of carbonyl (C=O) groups is 3. The molecule has 2 atom stereocenters. The molecule has 0 radical (unpaired) electrons. The van der Waals surface area contributed by atoms with Crippen molar-refractivity contribution in [2.24, 2.45) is 5.92 Å². The molecule has 1 saturated carbocycles. The van der Waals surface area contributed by atoms with Crippen LogP contribution in [0.3, 0.4) is 0 Å². The van der Waals surface area contributed by atoms with Gasteiger partial charge in [-0.05, 0) is 67.3 Å². The number of nitrogens with zero attached hydrogens (tertiary/aromatic N) is 2. The van der Waals surface area contributed by atoms with Crippen LogP contribution in [0.4, 0.5) is 10.1 Å². The highest BCUT2D eigenvalue weighted by atomic mass is 35.5. The van der Waals surface area contributed by atoms with E-state index in [2.05, 4.69) is 16.9 Å². The first-order valence-electron chi connectivity index (χ1n) is 10.9. The first-order valence-corrected chi connectivity index (χ1v) is 11.3. The van der Waals surface area contributed by atoms with E-state index in [1.807, 2.05) is 37.9 Å². The van der Waals surface area contributed by atoms with Gasteiger partial charge in [0.1, 0.15) is 11.7 Å². The summed E-state index contributed by atoms with van der Waals surface area (Å²) in [6.45, 7) is 7.55. The van der Waals surface area contributed by atoms with Crippen LogP contribution < -0.4 is 10.2 Å². The van der Waals surface area contributed by atoms with Gasteiger partial charge in [-0.25, -0.2) is 9.37 Å². The highest BCUT2D eigenvalue weighted by Gasteiger charge is 2.42. The number of allylic oxidation sites excluding steroid dienone is 2. The molecule has 1 heterocycles. The van der Waals surface area contributed by atoms with Crippen LogP contribution in [0.25, 0.3) is 0 Å². The number of anilines is 1. The lowest BCUT2D eigenvalue weighted by Gasteiger charge is -2.21. The van der Waals surface area contributed by atoms with E-state index in [9.17, 15) is 18.8 Å². The highest BCUT2D eigenvalue weighted by Crippen LogP contribution is 2.38. The third-order valence-corrected chi connectivity index (χ3v) is 6.25. The Morgan fingerprint density at radius 3 is 2.62 bits per heavy atom. The number of nitrogens with one attached hydrogen (secondary N) is 1. The zero-order valence-corrected chi connectivity index (χ0v) is 20.2. The summed E-state index contributed by atoms with van der Waals surface area (Å²) in [5, 5.41) is 3.08. The molecule has 1 amide bonds. The van der Waals surface area contributed by atoms with Gasteiger partial charge in [0, 0.05) is 44.0 Å². The van der Waals surface area contributed by atoms with Crippen LogP contribution in [-0.2, 0) is 9.59 Å². The molecule has 6 nitrogen and oxygen atoms in total. The number of aryl methyl sites for hydroxylation is 2. The molecule has 3 rings (SSSR count). The Hall–Kier alpha value is -3.32. The Morgan fingerprint density at radius 2 is 2.00 bits per heavy atom. The largest absolute Gasteiger partial charge is 0.351 e. The van der Waals surface area contributed by atoms with Gasteiger partial charge in [0.2, 0.25) is 0 Å². The van der Waals surface area contributed by atoms with E-state index < -0.39 is 23.6 Å². The molecular formula is C26H27ClFN3O3. The van der Waals surface area contributed by atoms with Crippen molar-refractivity contribution in [2.75, 3.05) is 18.5 Å². The van der Waals surface area contributed by atoms with E-state index in [-0.39, 0.29) is 30.2 Å². The van der Waals surface area contributed by atoms with Crippen LogP contribution in [0, 0.1) is 25.6 Å². The fourth-order valence-corrected chi connectivity index (χ4v) is 4.47. The number of amides is 1. The van der Waals surface area contributed by atoms with Crippen molar-refractivity contribution in [1.82, 2.24) is 10.3 Å². The number of halogens is 2. The summed E-state index contributed by atoms with van der Waals surface area (Å²) < 4.78 is 13.7. The van der Waals surface area contributed by atoms with Gasteiger partial charge in [0.25, 0.3) is 5.91 Å². The quantitative estimate of drug-likeness (QED) is 0.438. The van der Waals surface area contributed by atoms with E-state index in [1.165, 1.54) is 18.3 Å². The standard InChI is InChI=1S/C26H27ClFN3O3/c1-5-18(27)14-31(4)19-11-15(2)22(16(3)12-19)23-21(32)13-17(25(23)33)8-10-30-26(34)24-20(28)7-6-9-29-24/h5-7,9,11-12,14,17,23H,1,8,10,13H2,2-4H3,(H,30,34)/b18-14+. The smallest absolute Gasteiger partial charge is 0.272 e. The van der Waals surface area contributed by atoms with Crippen molar-refractivity contribution in [3.8, 4) is 0 Å². The molecule has 2 aromatic rings. The summed E-state index contributed by atoms with van der Waals surface area (Å²) in [5.74, 6) is -2.95. The number of carbonyl (C=O) groups excluding carboxylic acids is 3. The minimum atomic E-state index is -0.819. The van der Waals surface area contributed by atoms with Crippen molar-refractivity contribution in [2.45, 2.75) is 32.6 Å².